The number of nitrogens with zero attached hydrogens (tertiary/aromatic N) is 5. The minimum Gasteiger partial charge on any atom is -0.384 e. The zero-order valence-electron chi connectivity index (χ0n) is 14.4. The van der Waals surface area contributed by atoms with E-state index in [9.17, 15) is 9.18 Å². The minimum absolute atomic E-state index is 0.216. The molecule has 3 aromatic heterocycles. The van der Waals surface area contributed by atoms with Crippen molar-refractivity contribution in [3.8, 4) is 28.2 Å². The summed E-state index contributed by atoms with van der Waals surface area (Å²) in [7, 11) is 1.57. The number of nitrogen functional groups attached to an aromatic ring is 1. The van der Waals surface area contributed by atoms with Gasteiger partial charge in [-0.05, 0) is 48.0 Å². The monoisotopic (exact) mass is 362 g/mol. The molecular formula is C19H15FN6O. The Kier molecular flexibility index (Phi) is 4.00. The lowest BCUT2D eigenvalue weighted by atomic mass is 10.0. The Balaban J connectivity index is 1.92. The van der Waals surface area contributed by atoms with E-state index >= 15 is 0 Å². The van der Waals surface area contributed by atoms with Crippen LogP contribution in [0.15, 0.2) is 65.7 Å². The van der Waals surface area contributed by atoms with Crippen LogP contribution >= 0.6 is 0 Å². The van der Waals surface area contributed by atoms with E-state index in [-0.39, 0.29) is 11.4 Å². The highest BCUT2D eigenvalue weighted by atomic mass is 19.1. The smallest absolute Gasteiger partial charge is 0.266 e. The first-order valence-corrected chi connectivity index (χ1v) is 8.13. The molecule has 1 aromatic carbocycles. The average molecular weight is 362 g/mol. The Hall–Kier alpha value is -3.81. The molecule has 0 unspecified atom stereocenters. The van der Waals surface area contributed by atoms with E-state index in [4.69, 9.17) is 5.73 Å². The first-order valence-electron chi connectivity index (χ1n) is 8.13. The number of rotatable bonds is 3. The number of halogens is 1. The maximum Gasteiger partial charge on any atom is 0.266 e. The van der Waals surface area contributed by atoms with Gasteiger partial charge in [0, 0.05) is 36.6 Å². The lowest BCUT2D eigenvalue weighted by Gasteiger charge is -2.03. The molecule has 0 radical (unpaired) electrons. The Morgan fingerprint density at radius 2 is 1.78 bits per heavy atom. The fourth-order valence-electron chi connectivity index (χ4n) is 2.75. The molecule has 4 aromatic rings. The fraction of sp³-hybridized carbons (Fsp3) is 0.0526. The standard InChI is InChI=1S/C19H15FN6O/c1-25-18(27)7-6-17(23-25)26-11-15(13-8-9-22-16(21)10-13)19(24-26)12-2-4-14(20)5-3-12/h2-11H,1H3,(H2,21,22). The van der Waals surface area contributed by atoms with Gasteiger partial charge in [-0.3, -0.25) is 4.79 Å². The number of pyridine rings is 1. The van der Waals surface area contributed by atoms with Crippen LogP contribution in [0.2, 0.25) is 0 Å². The first kappa shape index (κ1) is 16.6. The lowest BCUT2D eigenvalue weighted by molar-refractivity contribution is 0.628. The summed E-state index contributed by atoms with van der Waals surface area (Å²) < 4.78 is 16.1. The molecule has 0 fully saturated rings. The summed E-state index contributed by atoms with van der Waals surface area (Å²) in [5, 5.41) is 8.84. The minimum atomic E-state index is -0.326. The fourth-order valence-corrected chi connectivity index (χ4v) is 2.75. The lowest BCUT2D eigenvalue weighted by Crippen LogP contribution is -2.19. The average Bonchev–Trinajstić information content (AvgIpc) is 3.10. The van der Waals surface area contributed by atoms with Crippen molar-refractivity contribution in [3.05, 3.63) is 77.1 Å². The summed E-state index contributed by atoms with van der Waals surface area (Å²) in [6.07, 6.45) is 3.40. The van der Waals surface area contributed by atoms with Crippen LogP contribution < -0.4 is 11.3 Å². The summed E-state index contributed by atoms with van der Waals surface area (Å²) in [6, 6.07) is 12.6. The van der Waals surface area contributed by atoms with Crippen molar-refractivity contribution in [1.29, 1.82) is 0 Å². The van der Waals surface area contributed by atoms with Crippen LogP contribution in [0.4, 0.5) is 10.2 Å². The zero-order valence-corrected chi connectivity index (χ0v) is 14.4. The van der Waals surface area contributed by atoms with E-state index < -0.39 is 0 Å². The van der Waals surface area contributed by atoms with Gasteiger partial charge >= 0.3 is 0 Å². The predicted octanol–water partition coefficient (Wildman–Crippen LogP) is 2.42. The van der Waals surface area contributed by atoms with Crippen molar-refractivity contribution in [2.24, 2.45) is 7.05 Å². The van der Waals surface area contributed by atoms with Gasteiger partial charge in [0.2, 0.25) is 0 Å². The molecule has 4 rings (SSSR count). The maximum absolute atomic E-state index is 13.3. The van der Waals surface area contributed by atoms with Crippen molar-refractivity contribution in [2.75, 3.05) is 5.73 Å². The largest absolute Gasteiger partial charge is 0.384 e. The summed E-state index contributed by atoms with van der Waals surface area (Å²) in [6.45, 7) is 0. The number of aryl methyl sites for hydroxylation is 1. The molecule has 0 aliphatic carbocycles. The third kappa shape index (κ3) is 3.20. The van der Waals surface area contributed by atoms with Crippen LogP contribution in [-0.2, 0) is 7.05 Å². The first-order chi connectivity index (χ1) is 13.0. The molecule has 134 valence electrons. The van der Waals surface area contributed by atoms with Gasteiger partial charge in [-0.1, -0.05) is 0 Å². The highest BCUT2D eigenvalue weighted by Crippen LogP contribution is 2.32. The summed E-state index contributed by atoms with van der Waals surface area (Å²) in [5.74, 6) is 0.534. The summed E-state index contributed by atoms with van der Waals surface area (Å²) >= 11 is 0. The van der Waals surface area contributed by atoms with Gasteiger partial charge in [-0.15, -0.1) is 0 Å². The molecule has 3 heterocycles. The molecule has 0 spiro atoms. The van der Waals surface area contributed by atoms with Crippen molar-refractivity contribution in [3.63, 3.8) is 0 Å². The number of aromatic nitrogens is 5. The molecule has 2 N–H and O–H groups in total. The second-order valence-electron chi connectivity index (χ2n) is 5.97. The Labute approximate surface area is 153 Å². The SMILES string of the molecule is Cn1nc(-n2cc(-c3ccnc(N)c3)c(-c3ccc(F)cc3)n2)ccc1=O. The molecule has 0 saturated heterocycles. The van der Waals surface area contributed by atoms with Gasteiger partial charge in [0.1, 0.15) is 17.3 Å². The van der Waals surface area contributed by atoms with E-state index in [1.165, 1.54) is 22.9 Å². The third-order valence-electron chi connectivity index (χ3n) is 4.11. The van der Waals surface area contributed by atoms with E-state index in [1.807, 2.05) is 6.07 Å². The molecule has 0 aliphatic heterocycles. The molecule has 0 saturated carbocycles. The molecular weight excluding hydrogens is 347 g/mol. The summed E-state index contributed by atoms with van der Waals surface area (Å²) in [5.41, 5.74) is 8.58. The normalized spacial score (nSPS) is 10.9. The molecule has 0 aliphatic rings. The second kappa shape index (κ2) is 6.49. The summed E-state index contributed by atoms with van der Waals surface area (Å²) in [4.78, 5) is 15.6. The van der Waals surface area contributed by atoms with E-state index in [2.05, 4.69) is 15.2 Å². The second-order valence-corrected chi connectivity index (χ2v) is 5.97. The highest BCUT2D eigenvalue weighted by molar-refractivity contribution is 5.81. The van der Waals surface area contributed by atoms with Gasteiger partial charge < -0.3 is 5.73 Å². The maximum atomic E-state index is 13.3. The van der Waals surface area contributed by atoms with Crippen molar-refractivity contribution in [2.45, 2.75) is 0 Å². The molecule has 0 amide bonds. The van der Waals surface area contributed by atoms with Gasteiger partial charge in [0.15, 0.2) is 5.82 Å². The Bertz CT molecular complexity index is 1180. The van der Waals surface area contributed by atoms with E-state index in [1.54, 1.807) is 48.4 Å². The van der Waals surface area contributed by atoms with E-state index in [0.717, 1.165) is 16.7 Å². The van der Waals surface area contributed by atoms with Crippen molar-refractivity contribution >= 4 is 5.82 Å². The van der Waals surface area contributed by atoms with E-state index in [0.29, 0.717) is 17.3 Å². The van der Waals surface area contributed by atoms with Crippen LogP contribution in [0.1, 0.15) is 0 Å². The molecule has 0 atom stereocenters. The van der Waals surface area contributed by atoms with Crippen LogP contribution in [0.5, 0.6) is 0 Å². The van der Waals surface area contributed by atoms with Gasteiger partial charge in [-0.2, -0.15) is 10.2 Å². The number of nitrogens with two attached hydrogens (primary N) is 1. The highest BCUT2D eigenvalue weighted by Gasteiger charge is 2.15. The number of benzene rings is 1. The Morgan fingerprint density at radius 1 is 1.00 bits per heavy atom. The number of hydrogen-bond acceptors (Lipinski definition) is 5. The molecule has 27 heavy (non-hydrogen) atoms. The van der Waals surface area contributed by atoms with Gasteiger partial charge in [-0.25, -0.2) is 18.7 Å². The van der Waals surface area contributed by atoms with Crippen LogP contribution in [-0.4, -0.2) is 24.5 Å². The molecule has 7 nitrogen and oxygen atoms in total. The van der Waals surface area contributed by atoms with Gasteiger partial charge in [0.25, 0.3) is 5.56 Å². The predicted molar refractivity (Wildman–Crippen MR) is 99.6 cm³/mol. The van der Waals surface area contributed by atoms with Crippen molar-refractivity contribution < 1.29 is 4.39 Å². The van der Waals surface area contributed by atoms with Gasteiger partial charge in [0.05, 0.1) is 0 Å². The van der Waals surface area contributed by atoms with Crippen LogP contribution in [0, 0.1) is 5.82 Å². The zero-order chi connectivity index (χ0) is 19.0. The number of hydrogen-bond donors (Lipinski definition) is 1. The van der Waals surface area contributed by atoms with Crippen LogP contribution in [0.3, 0.4) is 0 Å². The Morgan fingerprint density at radius 3 is 2.48 bits per heavy atom. The quantitative estimate of drug-likeness (QED) is 0.604. The number of anilines is 1. The third-order valence-corrected chi connectivity index (χ3v) is 4.11. The topological polar surface area (TPSA) is 91.6 Å². The van der Waals surface area contributed by atoms with Crippen molar-refractivity contribution in [1.82, 2.24) is 24.5 Å². The molecule has 8 heteroatoms. The van der Waals surface area contributed by atoms with Crippen LogP contribution in [0.25, 0.3) is 28.2 Å². The molecule has 0 bridgehead atoms.